The SMILES string of the molecule is CC(O)(O)CCC(NC(=O)C1CCCN1C(=O)CNC(=O)NC1(CC(=O)C(C)(C)C)CCCCC1)C(=O)C(=O)NC1CC1. The second-order valence-electron chi connectivity index (χ2n) is 13.7. The Kier molecular flexibility index (Phi) is 11.3. The van der Waals surface area contributed by atoms with E-state index in [-0.39, 0.29) is 44.2 Å². The summed E-state index contributed by atoms with van der Waals surface area (Å²) in [5.41, 5.74) is -1.21. The van der Waals surface area contributed by atoms with Gasteiger partial charge in [-0.3, -0.25) is 24.0 Å². The molecule has 242 valence electrons. The van der Waals surface area contributed by atoms with Crippen LogP contribution >= 0.6 is 0 Å². The van der Waals surface area contributed by atoms with Crippen LogP contribution in [0, 0.1) is 5.41 Å². The first kappa shape index (κ1) is 34.4. The zero-order valence-corrected chi connectivity index (χ0v) is 25.9. The van der Waals surface area contributed by atoms with Crippen molar-refractivity contribution in [3.63, 3.8) is 0 Å². The molecule has 2 aliphatic carbocycles. The first-order valence-corrected chi connectivity index (χ1v) is 15.5. The average Bonchev–Trinajstić information content (AvgIpc) is 3.58. The van der Waals surface area contributed by atoms with Gasteiger partial charge in [-0.25, -0.2) is 4.79 Å². The van der Waals surface area contributed by atoms with Crippen molar-refractivity contribution in [1.82, 2.24) is 26.2 Å². The summed E-state index contributed by atoms with van der Waals surface area (Å²) < 4.78 is 0. The number of hydrogen-bond donors (Lipinski definition) is 6. The van der Waals surface area contributed by atoms with Crippen molar-refractivity contribution >= 4 is 35.3 Å². The van der Waals surface area contributed by atoms with E-state index in [1.807, 2.05) is 20.8 Å². The fourth-order valence-corrected chi connectivity index (χ4v) is 5.62. The lowest BCUT2D eigenvalue weighted by molar-refractivity contribution is -0.154. The zero-order valence-electron chi connectivity index (χ0n) is 25.9. The monoisotopic (exact) mass is 607 g/mol. The smallest absolute Gasteiger partial charge is 0.315 e. The maximum absolute atomic E-state index is 13.2. The van der Waals surface area contributed by atoms with Crippen LogP contribution in [-0.4, -0.2) is 93.0 Å². The lowest BCUT2D eigenvalue weighted by Crippen LogP contribution is -2.57. The number of urea groups is 1. The van der Waals surface area contributed by atoms with Crippen LogP contribution in [0.25, 0.3) is 0 Å². The van der Waals surface area contributed by atoms with Crippen LogP contribution < -0.4 is 21.3 Å². The third kappa shape index (κ3) is 10.6. The number of ketones is 2. The second kappa shape index (κ2) is 14.1. The maximum Gasteiger partial charge on any atom is 0.315 e. The van der Waals surface area contributed by atoms with Crippen molar-refractivity contribution in [3.05, 3.63) is 0 Å². The average molecular weight is 608 g/mol. The van der Waals surface area contributed by atoms with Gasteiger partial charge in [-0.15, -0.1) is 0 Å². The highest BCUT2D eigenvalue weighted by Gasteiger charge is 2.40. The minimum Gasteiger partial charge on any atom is -0.366 e. The van der Waals surface area contributed by atoms with Crippen LogP contribution in [0.3, 0.4) is 0 Å². The number of nitrogens with one attached hydrogen (secondary N) is 4. The second-order valence-corrected chi connectivity index (χ2v) is 13.7. The van der Waals surface area contributed by atoms with E-state index in [1.54, 1.807) is 0 Å². The first-order chi connectivity index (χ1) is 20.0. The molecule has 5 amide bonds. The Morgan fingerprint density at radius 1 is 0.930 bits per heavy atom. The summed E-state index contributed by atoms with van der Waals surface area (Å²) in [6.07, 6.45) is 6.32. The van der Waals surface area contributed by atoms with E-state index in [0.29, 0.717) is 25.7 Å². The summed E-state index contributed by atoms with van der Waals surface area (Å²) in [5, 5.41) is 30.1. The largest absolute Gasteiger partial charge is 0.366 e. The summed E-state index contributed by atoms with van der Waals surface area (Å²) in [5.74, 6) is -4.90. The molecule has 2 atom stereocenters. The molecule has 0 aromatic carbocycles. The van der Waals surface area contributed by atoms with Gasteiger partial charge in [0.25, 0.3) is 5.91 Å². The number of carbonyl (C=O) groups is 6. The minimum absolute atomic E-state index is 0.0566. The van der Waals surface area contributed by atoms with Crippen LogP contribution in [0.4, 0.5) is 4.79 Å². The van der Waals surface area contributed by atoms with Crippen LogP contribution in [0.5, 0.6) is 0 Å². The van der Waals surface area contributed by atoms with Gasteiger partial charge in [0.2, 0.25) is 17.6 Å². The van der Waals surface area contributed by atoms with E-state index in [9.17, 15) is 39.0 Å². The number of likely N-dealkylation sites (tertiary alicyclic amines) is 1. The molecule has 0 aromatic rings. The van der Waals surface area contributed by atoms with Crippen LogP contribution in [0.2, 0.25) is 0 Å². The molecule has 3 fully saturated rings. The molecular weight excluding hydrogens is 558 g/mol. The van der Waals surface area contributed by atoms with Crippen molar-refractivity contribution in [3.8, 4) is 0 Å². The van der Waals surface area contributed by atoms with Gasteiger partial charge in [0.1, 0.15) is 11.8 Å². The minimum atomic E-state index is -2.10. The molecule has 0 spiro atoms. The highest BCUT2D eigenvalue weighted by Crippen LogP contribution is 2.34. The molecule has 6 N–H and O–H groups in total. The third-order valence-corrected chi connectivity index (χ3v) is 8.48. The van der Waals surface area contributed by atoms with Crippen molar-refractivity contribution in [2.75, 3.05) is 13.1 Å². The van der Waals surface area contributed by atoms with Crippen molar-refractivity contribution in [2.24, 2.45) is 5.41 Å². The Hall–Kier alpha value is -3.06. The first-order valence-electron chi connectivity index (χ1n) is 15.5. The Morgan fingerprint density at radius 3 is 2.16 bits per heavy atom. The number of aliphatic hydroxyl groups is 2. The summed E-state index contributed by atoms with van der Waals surface area (Å²) >= 11 is 0. The number of rotatable bonds is 13. The molecule has 0 aromatic heterocycles. The van der Waals surface area contributed by atoms with Gasteiger partial charge in [0, 0.05) is 36.4 Å². The molecule has 13 heteroatoms. The number of nitrogens with zero attached hydrogens (tertiary/aromatic N) is 1. The Bertz CT molecular complexity index is 1070. The molecule has 2 unspecified atom stereocenters. The number of carbonyl (C=O) groups excluding carboxylic acids is 6. The highest BCUT2D eigenvalue weighted by molar-refractivity contribution is 6.38. The van der Waals surface area contributed by atoms with E-state index >= 15 is 0 Å². The standard InChI is InChI=1S/C30H49N5O8/c1-28(2,3)22(36)17-30(13-6-5-7-14-30)34-27(41)31-18-23(37)35-16-8-9-21(35)25(39)33-20(12-15-29(4,42)43)24(38)26(40)32-19-10-11-19/h19-21,42-43H,5-18H2,1-4H3,(H,32,40)(H,33,39)(H2,31,34,41). The van der Waals surface area contributed by atoms with E-state index in [4.69, 9.17) is 0 Å². The van der Waals surface area contributed by atoms with Crippen molar-refractivity contribution in [1.29, 1.82) is 0 Å². The molecule has 2 saturated carbocycles. The molecule has 1 aliphatic heterocycles. The quantitative estimate of drug-likeness (QED) is 0.131. The van der Waals surface area contributed by atoms with Crippen LogP contribution in [-0.2, 0) is 24.0 Å². The van der Waals surface area contributed by atoms with E-state index in [1.165, 1.54) is 4.90 Å². The van der Waals surface area contributed by atoms with Gasteiger partial charge in [-0.2, -0.15) is 0 Å². The lowest BCUT2D eigenvalue weighted by Gasteiger charge is -2.39. The van der Waals surface area contributed by atoms with E-state index in [0.717, 1.165) is 39.0 Å². The molecule has 1 heterocycles. The number of amides is 5. The fraction of sp³-hybridized carbons (Fsp3) is 0.800. The molecule has 43 heavy (non-hydrogen) atoms. The molecule has 13 nitrogen and oxygen atoms in total. The zero-order chi connectivity index (χ0) is 32.0. The van der Waals surface area contributed by atoms with Gasteiger partial charge in [0.05, 0.1) is 12.6 Å². The third-order valence-electron chi connectivity index (χ3n) is 8.48. The maximum atomic E-state index is 13.2. The lowest BCUT2D eigenvalue weighted by atomic mass is 9.74. The van der Waals surface area contributed by atoms with Gasteiger partial charge in [0.15, 0.2) is 5.79 Å². The van der Waals surface area contributed by atoms with Crippen molar-refractivity contribution in [2.45, 2.75) is 134 Å². The molecular formula is C30H49N5O8. The number of Topliss-reactive ketones (excluding diaryl/α,β-unsaturated/α-hetero) is 2. The molecule has 3 rings (SSSR count). The number of hydrogen-bond acceptors (Lipinski definition) is 8. The molecule has 0 radical (unpaired) electrons. The van der Waals surface area contributed by atoms with Crippen LogP contribution in [0.1, 0.15) is 105 Å². The summed E-state index contributed by atoms with van der Waals surface area (Å²) in [6, 6.07) is -2.84. The topological polar surface area (TPSA) is 194 Å². The van der Waals surface area contributed by atoms with Gasteiger partial charge in [-0.1, -0.05) is 40.0 Å². The predicted molar refractivity (Wildman–Crippen MR) is 156 cm³/mol. The summed E-state index contributed by atoms with van der Waals surface area (Å²) in [7, 11) is 0. The Labute approximate surface area is 253 Å². The van der Waals surface area contributed by atoms with Gasteiger partial charge in [-0.05, 0) is 51.9 Å². The summed E-state index contributed by atoms with van der Waals surface area (Å²) in [4.78, 5) is 78.6. The highest BCUT2D eigenvalue weighted by atomic mass is 16.5. The summed E-state index contributed by atoms with van der Waals surface area (Å²) in [6.45, 7) is 6.61. The molecule has 0 bridgehead atoms. The Morgan fingerprint density at radius 2 is 1.58 bits per heavy atom. The molecule has 3 aliphatic rings. The van der Waals surface area contributed by atoms with E-state index < -0.39 is 58.4 Å². The normalized spacial score (nSPS) is 21.0. The fourth-order valence-electron chi connectivity index (χ4n) is 5.62. The van der Waals surface area contributed by atoms with E-state index in [2.05, 4.69) is 21.3 Å². The van der Waals surface area contributed by atoms with Gasteiger partial charge < -0.3 is 36.4 Å². The van der Waals surface area contributed by atoms with Gasteiger partial charge >= 0.3 is 6.03 Å². The van der Waals surface area contributed by atoms with Crippen LogP contribution in [0.15, 0.2) is 0 Å². The van der Waals surface area contributed by atoms with Crippen molar-refractivity contribution < 1.29 is 39.0 Å². The Balaban J connectivity index is 1.58. The predicted octanol–water partition coefficient (Wildman–Crippen LogP) is 0.798. The molecule has 1 saturated heterocycles.